The number of amides is 4. The lowest BCUT2D eigenvalue weighted by atomic mass is 10.1. The molecule has 0 radical (unpaired) electrons. The lowest BCUT2D eigenvalue weighted by Crippen LogP contribution is -2.52. The first kappa shape index (κ1) is 18.1. The smallest absolute Gasteiger partial charge is 0.335 e. The molecule has 138 valence electrons. The number of carboxylic acids is 1. The summed E-state index contributed by atoms with van der Waals surface area (Å²) in [6, 6.07) is 7.44. The Kier molecular flexibility index (Phi) is 4.40. The molecule has 1 aliphatic rings. The van der Waals surface area contributed by atoms with Gasteiger partial charge < -0.3 is 9.67 Å². The second kappa shape index (κ2) is 6.56. The summed E-state index contributed by atoms with van der Waals surface area (Å²) in [5.41, 5.74) is 3.07. The number of carboxylic acid groups (broad SMARTS) is 1. The number of aryl methyl sites for hydroxylation is 1. The summed E-state index contributed by atoms with van der Waals surface area (Å²) in [6.07, 6.45) is 1.45. The third-order valence-corrected chi connectivity index (χ3v) is 4.45. The molecule has 1 aromatic heterocycles. The molecule has 0 bridgehead atoms. The van der Waals surface area contributed by atoms with Gasteiger partial charge in [-0.15, -0.1) is 0 Å². The minimum Gasteiger partial charge on any atom is -0.478 e. The molecule has 1 aliphatic heterocycles. The van der Waals surface area contributed by atoms with Crippen molar-refractivity contribution < 1.29 is 24.3 Å². The van der Waals surface area contributed by atoms with E-state index in [0.717, 1.165) is 22.0 Å². The first-order chi connectivity index (χ1) is 12.7. The molecule has 2 N–H and O–H groups in total. The molecular weight excluding hydrogens is 350 g/mol. The third-order valence-electron chi connectivity index (χ3n) is 4.45. The maximum Gasteiger partial charge on any atom is 0.335 e. The summed E-state index contributed by atoms with van der Waals surface area (Å²) in [5.74, 6) is -2.41. The first-order valence-corrected chi connectivity index (χ1v) is 8.08. The molecule has 3 rings (SSSR count). The van der Waals surface area contributed by atoms with Crippen LogP contribution in [0.25, 0.3) is 11.8 Å². The van der Waals surface area contributed by atoms with Gasteiger partial charge in [-0.3, -0.25) is 19.8 Å². The van der Waals surface area contributed by atoms with Crippen LogP contribution in [-0.4, -0.2) is 45.4 Å². The highest BCUT2D eigenvalue weighted by molar-refractivity contribution is 6.30. The van der Waals surface area contributed by atoms with Crippen molar-refractivity contribution in [3.05, 3.63) is 58.4 Å². The van der Waals surface area contributed by atoms with Crippen LogP contribution in [0.1, 0.15) is 27.3 Å². The van der Waals surface area contributed by atoms with Gasteiger partial charge >= 0.3 is 12.0 Å². The van der Waals surface area contributed by atoms with E-state index in [1.54, 1.807) is 12.1 Å². The van der Waals surface area contributed by atoms with Crippen LogP contribution in [-0.2, 0) is 9.59 Å². The lowest BCUT2D eigenvalue weighted by molar-refractivity contribution is -0.129. The van der Waals surface area contributed by atoms with Crippen LogP contribution in [0.5, 0.6) is 0 Å². The maximum atomic E-state index is 12.2. The van der Waals surface area contributed by atoms with Crippen LogP contribution in [0, 0.1) is 13.8 Å². The Morgan fingerprint density at radius 2 is 1.74 bits per heavy atom. The number of likely N-dealkylation sites (N-methyl/N-ethyl adjacent to an activating group) is 1. The number of barbiturate groups is 1. The lowest BCUT2D eigenvalue weighted by Gasteiger charge is -2.22. The molecule has 0 unspecified atom stereocenters. The Hall–Kier alpha value is -3.68. The normalized spacial score (nSPS) is 16.0. The van der Waals surface area contributed by atoms with Crippen LogP contribution in [0.4, 0.5) is 4.79 Å². The highest BCUT2D eigenvalue weighted by Gasteiger charge is 2.33. The van der Waals surface area contributed by atoms with E-state index in [-0.39, 0.29) is 11.1 Å². The molecule has 1 fully saturated rings. The number of rotatable bonds is 3. The second-order valence-electron chi connectivity index (χ2n) is 6.20. The second-order valence-corrected chi connectivity index (χ2v) is 6.20. The number of nitrogens with one attached hydrogen (secondary N) is 1. The summed E-state index contributed by atoms with van der Waals surface area (Å²) in [5, 5.41) is 11.1. The SMILES string of the molecule is Cc1cc(C=C2C(=O)NC(=O)N(C)C2=O)c(C)n1-c1ccc(C(=O)O)cc1. The summed E-state index contributed by atoms with van der Waals surface area (Å²) in [6.45, 7) is 3.68. The molecule has 2 heterocycles. The highest BCUT2D eigenvalue weighted by atomic mass is 16.4. The van der Waals surface area contributed by atoms with Crippen molar-refractivity contribution in [2.75, 3.05) is 7.05 Å². The number of aromatic nitrogens is 1. The van der Waals surface area contributed by atoms with Gasteiger partial charge in [0.15, 0.2) is 0 Å². The molecule has 27 heavy (non-hydrogen) atoms. The van der Waals surface area contributed by atoms with Crippen LogP contribution < -0.4 is 5.32 Å². The van der Waals surface area contributed by atoms with E-state index < -0.39 is 23.8 Å². The first-order valence-electron chi connectivity index (χ1n) is 8.08. The molecule has 0 aliphatic carbocycles. The fourth-order valence-electron chi connectivity index (χ4n) is 2.99. The van der Waals surface area contributed by atoms with Crippen molar-refractivity contribution in [2.45, 2.75) is 13.8 Å². The van der Waals surface area contributed by atoms with Crippen LogP contribution in [0.15, 0.2) is 35.9 Å². The zero-order valence-corrected chi connectivity index (χ0v) is 14.9. The van der Waals surface area contributed by atoms with Gasteiger partial charge in [-0.1, -0.05) is 0 Å². The van der Waals surface area contributed by atoms with Gasteiger partial charge in [0.1, 0.15) is 5.57 Å². The molecule has 1 aromatic carbocycles. The quantitative estimate of drug-likeness (QED) is 0.636. The van der Waals surface area contributed by atoms with Gasteiger partial charge in [0.2, 0.25) is 0 Å². The number of hydrogen-bond donors (Lipinski definition) is 2. The Labute approximate surface area is 154 Å². The molecule has 0 saturated carbocycles. The number of nitrogens with zero attached hydrogens (tertiary/aromatic N) is 2. The number of urea groups is 1. The Morgan fingerprint density at radius 1 is 1.11 bits per heavy atom. The summed E-state index contributed by atoms with van der Waals surface area (Å²) in [7, 11) is 1.30. The highest BCUT2D eigenvalue weighted by Crippen LogP contribution is 2.24. The van der Waals surface area contributed by atoms with Gasteiger partial charge in [0.25, 0.3) is 11.8 Å². The van der Waals surface area contributed by atoms with Crippen molar-refractivity contribution in [3.8, 4) is 5.69 Å². The van der Waals surface area contributed by atoms with E-state index in [2.05, 4.69) is 5.32 Å². The van der Waals surface area contributed by atoms with Crippen molar-refractivity contribution in [2.24, 2.45) is 0 Å². The average molecular weight is 367 g/mol. The van der Waals surface area contributed by atoms with Crippen LogP contribution in [0.2, 0.25) is 0 Å². The standard InChI is InChI=1S/C19H17N3O5/c1-10-8-13(9-15-16(23)20-19(27)21(3)17(15)24)11(2)22(10)14-6-4-12(5-7-14)18(25)26/h4-9H,1-3H3,(H,25,26)(H,20,23,27). The number of hydrogen-bond acceptors (Lipinski definition) is 4. The van der Waals surface area contributed by atoms with Gasteiger partial charge in [-0.25, -0.2) is 9.59 Å². The van der Waals surface area contributed by atoms with Gasteiger partial charge in [-0.05, 0) is 55.8 Å². The predicted molar refractivity (Wildman–Crippen MR) is 96.5 cm³/mol. The predicted octanol–water partition coefficient (Wildman–Crippen LogP) is 1.88. The van der Waals surface area contributed by atoms with Crippen molar-refractivity contribution in [1.29, 1.82) is 0 Å². The fourth-order valence-corrected chi connectivity index (χ4v) is 2.99. The molecule has 8 heteroatoms. The van der Waals surface area contributed by atoms with E-state index >= 15 is 0 Å². The fraction of sp³-hybridized carbons (Fsp3) is 0.158. The average Bonchev–Trinajstić information content (AvgIpc) is 2.90. The molecule has 0 atom stereocenters. The topological polar surface area (TPSA) is 109 Å². The molecule has 4 amide bonds. The van der Waals surface area contributed by atoms with E-state index in [9.17, 15) is 19.2 Å². The minimum absolute atomic E-state index is 0.126. The summed E-state index contributed by atoms with van der Waals surface area (Å²) in [4.78, 5) is 47.6. The largest absolute Gasteiger partial charge is 0.478 e. The van der Waals surface area contributed by atoms with Gasteiger partial charge in [0, 0.05) is 24.1 Å². The number of benzene rings is 1. The Balaban J connectivity index is 2.03. The van der Waals surface area contributed by atoms with Crippen LogP contribution in [0.3, 0.4) is 0 Å². The number of carbonyl (C=O) groups excluding carboxylic acids is 3. The summed E-state index contributed by atoms with van der Waals surface area (Å²) < 4.78 is 1.89. The number of carbonyl (C=O) groups is 4. The Morgan fingerprint density at radius 3 is 2.33 bits per heavy atom. The van der Waals surface area contributed by atoms with E-state index in [1.807, 2.05) is 24.5 Å². The molecule has 2 aromatic rings. The van der Waals surface area contributed by atoms with Crippen molar-refractivity contribution >= 4 is 29.9 Å². The molecular formula is C19H17N3O5. The molecule has 8 nitrogen and oxygen atoms in total. The van der Waals surface area contributed by atoms with E-state index in [4.69, 9.17) is 5.11 Å². The molecule has 0 spiro atoms. The minimum atomic E-state index is -1.01. The zero-order valence-electron chi connectivity index (χ0n) is 14.9. The monoisotopic (exact) mass is 367 g/mol. The maximum absolute atomic E-state index is 12.2. The van der Waals surface area contributed by atoms with E-state index in [1.165, 1.54) is 25.3 Å². The third kappa shape index (κ3) is 3.12. The van der Waals surface area contributed by atoms with Crippen LogP contribution >= 0.6 is 0 Å². The van der Waals surface area contributed by atoms with Crippen molar-refractivity contribution in [1.82, 2.24) is 14.8 Å². The zero-order chi connectivity index (χ0) is 19.9. The number of imide groups is 2. The molecule has 1 saturated heterocycles. The van der Waals surface area contributed by atoms with E-state index in [0.29, 0.717) is 5.56 Å². The Bertz CT molecular complexity index is 1010. The number of aromatic carboxylic acids is 1. The van der Waals surface area contributed by atoms with Gasteiger partial charge in [-0.2, -0.15) is 0 Å². The summed E-state index contributed by atoms with van der Waals surface area (Å²) >= 11 is 0. The van der Waals surface area contributed by atoms with Crippen molar-refractivity contribution in [3.63, 3.8) is 0 Å². The van der Waals surface area contributed by atoms with Gasteiger partial charge in [0.05, 0.1) is 5.56 Å².